The average molecular weight is 865 g/mol. The molecule has 5 aromatic carbocycles. The van der Waals surface area contributed by atoms with Crippen LogP contribution in [-0.2, 0) is 37.9 Å². The summed E-state index contributed by atoms with van der Waals surface area (Å²) in [7, 11) is 0. The Morgan fingerprint density at radius 2 is 1.03 bits per heavy atom. The molecule has 0 unspecified atom stereocenters. The lowest BCUT2D eigenvalue weighted by atomic mass is 9.35. The lowest BCUT2D eigenvalue weighted by Crippen LogP contribution is -2.61. The number of benzene rings is 5. The number of anilines is 6. The molecule has 6 aromatic rings. The van der Waals surface area contributed by atoms with Crippen molar-refractivity contribution in [2.45, 2.75) is 181 Å². The molecule has 0 saturated heterocycles. The quantitative estimate of drug-likeness (QED) is 0.160. The molecular formula is C60H73BN2S. The highest BCUT2D eigenvalue weighted by atomic mass is 32.1. The van der Waals surface area contributed by atoms with Gasteiger partial charge in [0.25, 0.3) is 6.71 Å². The third-order valence-electron chi connectivity index (χ3n) is 16.4. The lowest BCUT2D eigenvalue weighted by molar-refractivity contribution is 0.332. The Morgan fingerprint density at radius 3 is 1.62 bits per heavy atom. The van der Waals surface area contributed by atoms with Crippen LogP contribution in [0, 0.1) is 0 Å². The first-order chi connectivity index (χ1) is 29.6. The number of thiophene rings is 1. The Bertz CT molecular complexity index is 2920. The zero-order chi connectivity index (χ0) is 46.1. The van der Waals surface area contributed by atoms with E-state index in [4.69, 9.17) is 0 Å². The second-order valence-corrected chi connectivity index (χ2v) is 27.1. The number of fused-ring (bicyclic) bond motifs is 8. The molecule has 0 atom stereocenters. The van der Waals surface area contributed by atoms with E-state index >= 15 is 0 Å². The van der Waals surface area contributed by atoms with E-state index in [1.807, 2.05) is 11.3 Å². The topological polar surface area (TPSA) is 6.48 Å². The standard InChI is InChI=1S/C60H73BN2S/c1-54(2,3)36-22-25-50-39(30-36)52-53(64-50)61-45-34-43-44(60(16,17)29-28-59(43,14)15)35-47(45)62(38-23-24-40-42(33-38)58(12,13)27-26-57(40,10)11)48-31-37(55(4,5)6)32-49(51(48)61)63(52)46-21-19-18-20-41(46)56(7,8)9/h18-25,30-35H,26-29H2,1-17H3. The predicted octanol–water partition coefficient (Wildman–Crippen LogP) is 15.6. The van der Waals surface area contributed by atoms with Gasteiger partial charge in [-0.1, -0.05) is 154 Å². The zero-order valence-corrected chi connectivity index (χ0v) is 43.1. The summed E-state index contributed by atoms with van der Waals surface area (Å²) in [6.45, 7) is 41.4. The number of rotatable bonds is 2. The largest absolute Gasteiger partial charge is 0.311 e. The minimum Gasteiger partial charge on any atom is -0.311 e. The Labute approximate surface area is 391 Å². The van der Waals surface area contributed by atoms with Gasteiger partial charge in [0.2, 0.25) is 0 Å². The molecule has 0 spiro atoms. The molecular weight excluding hydrogens is 792 g/mol. The van der Waals surface area contributed by atoms with Crippen molar-refractivity contribution in [1.29, 1.82) is 0 Å². The van der Waals surface area contributed by atoms with Gasteiger partial charge in [0, 0.05) is 43.3 Å². The van der Waals surface area contributed by atoms with E-state index in [2.05, 4.69) is 212 Å². The molecule has 0 bridgehead atoms. The number of nitrogens with zero attached hydrogens (tertiary/aromatic N) is 2. The van der Waals surface area contributed by atoms with Crippen LogP contribution >= 0.6 is 11.3 Å². The van der Waals surface area contributed by atoms with Crippen LogP contribution in [0.4, 0.5) is 34.1 Å². The Morgan fingerprint density at radius 1 is 0.484 bits per heavy atom. The van der Waals surface area contributed by atoms with E-state index in [1.165, 1.54) is 125 Å². The van der Waals surface area contributed by atoms with E-state index in [-0.39, 0.29) is 44.6 Å². The molecule has 0 radical (unpaired) electrons. The molecule has 4 aliphatic rings. The lowest BCUT2D eigenvalue weighted by Gasteiger charge is -2.48. The van der Waals surface area contributed by atoms with Crippen molar-refractivity contribution in [2.75, 3.05) is 9.80 Å². The summed E-state index contributed by atoms with van der Waals surface area (Å²) in [5, 5.41) is 1.37. The molecule has 2 aliphatic heterocycles. The normalized spacial score (nSPS) is 19.2. The van der Waals surface area contributed by atoms with E-state index < -0.39 is 0 Å². The molecule has 0 saturated carbocycles. The van der Waals surface area contributed by atoms with Crippen molar-refractivity contribution in [3.63, 3.8) is 0 Å². The first kappa shape index (κ1) is 43.6. The highest BCUT2D eigenvalue weighted by Crippen LogP contribution is 2.55. The maximum Gasteiger partial charge on any atom is 0.264 e. The summed E-state index contributed by atoms with van der Waals surface area (Å²) in [4.78, 5) is 5.47. The van der Waals surface area contributed by atoms with Crippen LogP contribution < -0.4 is 25.5 Å². The summed E-state index contributed by atoms with van der Waals surface area (Å²) in [5.74, 6) is 0. The van der Waals surface area contributed by atoms with Gasteiger partial charge in [-0.05, 0) is 162 Å². The van der Waals surface area contributed by atoms with Crippen molar-refractivity contribution in [2.24, 2.45) is 0 Å². The first-order valence-electron chi connectivity index (χ1n) is 24.4. The maximum atomic E-state index is 2.74. The monoisotopic (exact) mass is 865 g/mol. The molecule has 2 nitrogen and oxygen atoms in total. The van der Waals surface area contributed by atoms with Crippen molar-refractivity contribution < 1.29 is 0 Å². The van der Waals surface area contributed by atoms with Gasteiger partial charge in [0.15, 0.2) is 0 Å². The molecule has 0 N–H and O–H groups in total. The van der Waals surface area contributed by atoms with Crippen molar-refractivity contribution in [1.82, 2.24) is 0 Å². The van der Waals surface area contributed by atoms with Crippen LogP contribution in [-0.4, -0.2) is 6.71 Å². The van der Waals surface area contributed by atoms with E-state index in [1.54, 1.807) is 0 Å². The molecule has 4 heteroatoms. The highest BCUT2D eigenvalue weighted by molar-refractivity contribution is 7.33. The van der Waals surface area contributed by atoms with Gasteiger partial charge < -0.3 is 9.80 Å². The van der Waals surface area contributed by atoms with Gasteiger partial charge in [0.05, 0.1) is 5.69 Å². The van der Waals surface area contributed by atoms with Crippen LogP contribution in [0.5, 0.6) is 0 Å². The van der Waals surface area contributed by atoms with Crippen LogP contribution in [0.25, 0.3) is 10.1 Å². The molecule has 64 heavy (non-hydrogen) atoms. The second kappa shape index (κ2) is 13.7. The Hall–Kier alpha value is -4.28. The predicted molar refractivity (Wildman–Crippen MR) is 283 cm³/mol. The number of para-hydroxylation sites is 1. The third kappa shape index (κ3) is 6.52. The summed E-state index contributed by atoms with van der Waals surface area (Å²) in [6, 6.07) is 34.8. The van der Waals surface area contributed by atoms with Crippen LogP contribution in [0.1, 0.15) is 182 Å². The molecule has 1 aromatic heterocycles. The third-order valence-corrected chi connectivity index (χ3v) is 17.6. The van der Waals surface area contributed by atoms with E-state index in [9.17, 15) is 0 Å². The van der Waals surface area contributed by atoms with Gasteiger partial charge in [0.1, 0.15) is 0 Å². The molecule has 3 heterocycles. The van der Waals surface area contributed by atoms with E-state index in [0.717, 1.165) is 0 Å². The minimum absolute atomic E-state index is 0.0182. The SMILES string of the molecule is CC(C)(C)c1cc2c3c(c1)N(c1ccccc1C(C)(C)C)c1c(sc4ccc(C(C)(C)C)cc14)B3c1cc3c(cc1N2c1ccc2c(c1)C(C)(C)CCC2(C)C)C(C)(C)CCC3(C)C. The average Bonchev–Trinajstić information content (AvgIpc) is 3.58. The smallest absolute Gasteiger partial charge is 0.264 e. The van der Waals surface area contributed by atoms with Crippen LogP contribution in [0.2, 0.25) is 0 Å². The van der Waals surface area contributed by atoms with Gasteiger partial charge in [-0.2, -0.15) is 0 Å². The van der Waals surface area contributed by atoms with Crippen molar-refractivity contribution >= 4 is 78.0 Å². The summed E-state index contributed by atoms with van der Waals surface area (Å²) in [5.41, 5.74) is 21.2. The second-order valence-electron chi connectivity index (χ2n) is 26.0. The molecule has 0 fully saturated rings. The fraction of sp³-hybridized carbons (Fsp3) is 0.467. The minimum atomic E-state index is -0.0949. The zero-order valence-electron chi connectivity index (χ0n) is 42.3. The van der Waals surface area contributed by atoms with E-state index in [0.29, 0.717) is 0 Å². The van der Waals surface area contributed by atoms with Gasteiger partial charge >= 0.3 is 0 Å². The Kier molecular flexibility index (Phi) is 9.30. The fourth-order valence-electron chi connectivity index (χ4n) is 12.0. The number of hydrogen-bond acceptors (Lipinski definition) is 3. The number of hydrogen-bond donors (Lipinski definition) is 0. The van der Waals surface area contributed by atoms with Crippen molar-refractivity contribution in [3.05, 3.63) is 124 Å². The molecule has 332 valence electrons. The van der Waals surface area contributed by atoms with Crippen LogP contribution in [0.15, 0.2) is 84.9 Å². The fourth-order valence-corrected chi connectivity index (χ4v) is 13.3. The molecule has 0 amide bonds. The molecule has 10 rings (SSSR count). The van der Waals surface area contributed by atoms with Crippen molar-refractivity contribution in [3.8, 4) is 0 Å². The Balaban J connectivity index is 1.39. The summed E-state index contributed by atoms with van der Waals surface area (Å²) in [6.07, 6.45) is 4.77. The summed E-state index contributed by atoms with van der Waals surface area (Å²) < 4.78 is 2.83. The van der Waals surface area contributed by atoms with Gasteiger partial charge in [-0.3, -0.25) is 0 Å². The first-order valence-corrected chi connectivity index (χ1v) is 25.2. The summed E-state index contributed by atoms with van der Waals surface area (Å²) >= 11 is 2.04. The maximum absolute atomic E-state index is 2.74. The van der Waals surface area contributed by atoms with Gasteiger partial charge in [-0.15, -0.1) is 11.3 Å². The molecule has 2 aliphatic carbocycles. The van der Waals surface area contributed by atoms with Gasteiger partial charge in [-0.25, -0.2) is 0 Å². The highest BCUT2D eigenvalue weighted by Gasteiger charge is 2.49. The van der Waals surface area contributed by atoms with Crippen LogP contribution in [0.3, 0.4) is 0 Å².